The molecule has 2 heterocycles. The minimum Gasteiger partial charge on any atom is -0.274 e. The lowest BCUT2D eigenvalue weighted by molar-refractivity contribution is -0.140. The summed E-state index contributed by atoms with van der Waals surface area (Å²) < 4.78 is 0. The van der Waals surface area contributed by atoms with Crippen molar-refractivity contribution in [3.8, 4) is 0 Å². The van der Waals surface area contributed by atoms with Crippen LogP contribution in [0.2, 0.25) is 0 Å². The normalized spacial score (nSPS) is 33.5. The van der Waals surface area contributed by atoms with Gasteiger partial charge in [-0.3, -0.25) is 19.2 Å². The van der Waals surface area contributed by atoms with Crippen molar-refractivity contribution < 1.29 is 19.2 Å². The van der Waals surface area contributed by atoms with E-state index >= 15 is 0 Å². The molecule has 7 heteroatoms. The van der Waals surface area contributed by atoms with Crippen LogP contribution in [0.3, 0.4) is 0 Å². The highest BCUT2D eigenvalue weighted by Gasteiger charge is 2.68. The Bertz CT molecular complexity index is 2030. The molecule has 5 aliphatic carbocycles. The zero-order valence-corrected chi connectivity index (χ0v) is 24.1. The molecule has 1 saturated carbocycles. The van der Waals surface area contributed by atoms with Crippen LogP contribution in [-0.2, 0) is 24.6 Å². The van der Waals surface area contributed by atoms with Crippen LogP contribution >= 0.6 is 0 Å². The first kappa shape index (κ1) is 25.2. The van der Waals surface area contributed by atoms with Crippen molar-refractivity contribution >= 4 is 46.3 Å². The molecule has 6 atom stereocenters. The van der Waals surface area contributed by atoms with Crippen molar-refractivity contribution in [3.05, 3.63) is 125 Å². The molecule has 2 aliphatic heterocycles. The van der Waals surface area contributed by atoms with E-state index in [1.165, 1.54) is 4.90 Å². The lowest BCUT2D eigenvalue weighted by Crippen LogP contribution is -2.55. The van der Waals surface area contributed by atoms with Crippen LogP contribution in [-0.4, -0.2) is 34.9 Å². The molecular formula is C38H27N3O4. The maximum atomic E-state index is 14.9. The van der Waals surface area contributed by atoms with Crippen LogP contribution in [0.15, 0.2) is 108 Å². The van der Waals surface area contributed by atoms with Crippen molar-refractivity contribution in [2.24, 2.45) is 40.6 Å². The third-order valence-electron chi connectivity index (χ3n) is 11.5. The smallest absolute Gasteiger partial charge is 0.254 e. The number of hydrazone groups is 1. The second-order valence-corrected chi connectivity index (χ2v) is 13.3. The highest BCUT2D eigenvalue weighted by Crippen LogP contribution is 2.64. The number of anilines is 1. The Labute approximate surface area is 258 Å². The molecule has 0 N–H and O–H groups in total. The largest absolute Gasteiger partial charge is 0.274 e. The number of rotatable bonds is 3. The van der Waals surface area contributed by atoms with Gasteiger partial charge in [0.15, 0.2) is 0 Å². The van der Waals surface area contributed by atoms with E-state index < -0.39 is 17.3 Å². The first-order valence-electron chi connectivity index (χ1n) is 15.7. The van der Waals surface area contributed by atoms with Crippen LogP contribution in [0.25, 0.3) is 10.8 Å². The molecule has 0 spiro atoms. The first-order chi connectivity index (χ1) is 22.0. The van der Waals surface area contributed by atoms with Gasteiger partial charge in [-0.25, -0.2) is 4.90 Å². The summed E-state index contributed by atoms with van der Waals surface area (Å²) in [6.07, 6.45) is 6.61. The Morgan fingerprint density at radius 1 is 0.644 bits per heavy atom. The van der Waals surface area contributed by atoms with E-state index in [4.69, 9.17) is 5.10 Å². The second kappa shape index (κ2) is 8.51. The Balaban J connectivity index is 1.18. The predicted molar refractivity (Wildman–Crippen MR) is 167 cm³/mol. The summed E-state index contributed by atoms with van der Waals surface area (Å²) in [5.41, 5.74) is 3.14. The quantitative estimate of drug-likeness (QED) is 0.187. The Hall–Kier alpha value is -5.17. The molecule has 218 valence electrons. The van der Waals surface area contributed by atoms with Gasteiger partial charge in [0.05, 0.1) is 34.8 Å². The number of hydrogen-bond donors (Lipinski definition) is 0. The van der Waals surface area contributed by atoms with Crippen LogP contribution in [0.5, 0.6) is 0 Å². The zero-order chi connectivity index (χ0) is 30.2. The van der Waals surface area contributed by atoms with Crippen LogP contribution in [0, 0.1) is 35.5 Å². The van der Waals surface area contributed by atoms with Gasteiger partial charge in [0.1, 0.15) is 0 Å². The number of fused-ring (bicyclic) bond motifs is 6. The summed E-state index contributed by atoms with van der Waals surface area (Å²) in [4.78, 5) is 58.3. The summed E-state index contributed by atoms with van der Waals surface area (Å²) >= 11 is 0. The lowest BCUT2D eigenvalue weighted by Gasteiger charge is -2.52. The minimum atomic E-state index is -1.16. The summed E-state index contributed by atoms with van der Waals surface area (Å²) in [6.45, 7) is 0. The van der Waals surface area contributed by atoms with Gasteiger partial charge >= 0.3 is 0 Å². The van der Waals surface area contributed by atoms with Gasteiger partial charge in [-0.1, -0.05) is 97.1 Å². The molecule has 7 nitrogen and oxygen atoms in total. The fourth-order valence-electron chi connectivity index (χ4n) is 9.84. The highest BCUT2D eigenvalue weighted by molar-refractivity contribution is 6.27. The van der Waals surface area contributed by atoms with E-state index in [0.717, 1.165) is 44.5 Å². The van der Waals surface area contributed by atoms with E-state index in [1.807, 2.05) is 91.0 Å². The van der Waals surface area contributed by atoms with Crippen molar-refractivity contribution in [1.82, 2.24) is 5.01 Å². The third-order valence-corrected chi connectivity index (χ3v) is 11.5. The molecule has 0 aromatic heterocycles. The molecule has 11 rings (SSSR count). The summed E-state index contributed by atoms with van der Waals surface area (Å²) in [6, 6.07) is 29.3. The SMILES string of the molecule is O=C1[C@@H]2[C@H](C(=O)N1/N=C\C13c4ccccc4C(c4ccccc41)[C@H]1C(=O)N(c4cccc5ccccc45)C(=O)[C@H]13)[C@H]1C=C[C@H]2C1. The third kappa shape index (κ3) is 2.90. The van der Waals surface area contributed by atoms with Gasteiger partial charge < -0.3 is 0 Å². The molecule has 4 amide bonds. The number of allylic oxidation sites excluding steroid dienone is 2. The van der Waals surface area contributed by atoms with Gasteiger partial charge in [0.2, 0.25) is 11.8 Å². The molecule has 4 aromatic rings. The average Bonchev–Trinajstić information content (AvgIpc) is 3.82. The fourth-order valence-corrected chi connectivity index (χ4v) is 9.84. The van der Waals surface area contributed by atoms with Crippen molar-refractivity contribution in [2.75, 3.05) is 4.90 Å². The second-order valence-electron chi connectivity index (χ2n) is 13.3. The van der Waals surface area contributed by atoms with Crippen molar-refractivity contribution in [1.29, 1.82) is 0 Å². The average molecular weight is 590 g/mol. The summed E-state index contributed by atoms with van der Waals surface area (Å²) in [7, 11) is 0. The van der Waals surface area contributed by atoms with Crippen molar-refractivity contribution in [2.45, 2.75) is 17.8 Å². The van der Waals surface area contributed by atoms with Gasteiger partial charge in [-0.15, -0.1) is 0 Å². The van der Waals surface area contributed by atoms with Crippen LogP contribution in [0.1, 0.15) is 34.6 Å². The Morgan fingerprint density at radius 2 is 1.24 bits per heavy atom. The number of carbonyl (C=O) groups is 4. The summed E-state index contributed by atoms with van der Waals surface area (Å²) in [5, 5.41) is 7.55. The molecule has 0 unspecified atom stereocenters. The number of imide groups is 2. The van der Waals surface area contributed by atoms with E-state index in [0.29, 0.717) is 5.69 Å². The first-order valence-corrected chi connectivity index (χ1v) is 15.7. The monoisotopic (exact) mass is 589 g/mol. The number of nitrogens with zero attached hydrogens (tertiary/aromatic N) is 3. The van der Waals surface area contributed by atoms with E-state index in [9.17, 15) is 19.2 Å². The standard InChI is InChI=1S/C38H27N3O4/c42-34-32-31-24-11-3-5-13-26(24)38(27-14-6-4-12-25(27)31,19-39-41-35(43)29-21-16-17-22(18-21)30(29)36(41)44)33(32)37(45)40(34)28-15-7-9-20-8-1-2-10-23(20)28/h1-17,19,21-22,29-33H,18H2/b39-19-/t21-,22-,29-,30+,31?,32+,33-,38?/m0/s1. The maximum absolute atomic E-state index is 14.9. The number of amides is 4. The fraction of sp³-hybridized carbons (Fsp3) is 0.237. The minimum absolute atomic E-state index is 0.0639. The van der Waals surface area contributed by atoms with Gasteiger partial charge in [-0.2, -0.15) is 10.1 Å². The molecule has 2 saturated heterocycles. The van der Waals surface area contributed by atoms with E-state index in [-0.39, 0.29) is 53.2 Å². The molecule has 0 radical (unpaired) electrons. The Morgan fingerprint density at radius 3 is 1.93 bits per heavy atom. The maximum Gasteiger partial charge on any atom is 0.254 e. The lowest BCUT2D eigenvalue weighted by atomic mass is 9.47. The molecular weight excluding hydrogens is 562 g/mol. The molecule has 45 heavy (non-hydrogen) atoms. The summed E-state index contributed by atoms with van der Waals surface area (Å²) in [5.74, 6) is -3.50. The highest BCUT2D eigenvalue weighted by atomic mass is 16.2. The number of benzene rings is 4. The van der Waals surface area contributed by atoms with Gasteiger partial charge in [0, 0.05) is 17.5 Å². The molecule has 4 aromatic carbocycles. The van der Waals surface area contributed by atoms with Crippen LogP contribution in [0.4, 0.5) is 5.69 Å². The number of carbonyl (C=O) groups excluding carboxylic acids is 4. The van der Waals surface area contributed by atoms with E-state index in [1.54, 1.807) is 6.21 Å². The Kier molecular flexibility index (Phi) is 4.76. The topological polar surface area (TPSA) is 87.1 Å². The van der Waals surface area contributed by atoms with Crippen LogP contribution < -0.4 is 4.90 Å². The zero-order valence-electron chi connectivity index (χ0n) is 24.1. The molecule has 7 aliphatic rings. The van der Waals surface area contributed by atoms with Gasteiger partial charge in [-0.05, 0) is 52.0 Å². The van der Waals surface area contributed by atoms with Crippen molar-refractivity contribution in [3.63, 3.8) is 0 Å². The van der Waals surface area contributed by atoms with Gasteiger partial charge in [0.25, 0.3) is 11.8 Å². The molecule has 3 fully saturated rings. The molecule has 4 bridgehead atoms. The number of hydrogen-bond acceptors (Lipinski definition) is 5. The predicted octanol–water partition coefficient (Wildman–Crippen LogP) is 5.18. The van der Waals surface area contributed by atoms with E-state index in [2.05, 4.69) is 12.2 Å².